The maximum absolute atomic E-state index is 12.6. The SMILES string of the molecule is CC(=O)C1(S(=O)(=O)c2ccccc2O)CCCC1. The third-order valence-corrected chi connectivity index (χ3v) is 6.37. The quantitative estimate of drug-likeness (QED) is 0.911. The van der Waals surface area contributed by atoms with E-state index in [0.717, 1.165) is 12.8 Å². The largest absolute Gasteiger partial charge is 0.507 e. The van der Waals surface area contributed by atoms with E-state index in [4.69, 9.17) is 0 Å². The molecule has 0 spiro atoms. The van der Waals surface area contributed by atoms with Crippen molar-refractivity contribution in [2.75, 3.05) is 0 Å². The Balaban J connectivity index is 2.61. The number of phenolic OH excluding ortho intramolecular Hbond substituents is 1. The van der Waals surface area contributed by atoms with Crippen molar-refractivity contribution < 1.29 is 18.3 Å². The van der Waals surface area contributed by atoms with Gasteiger partial charge in [0.1, 0.15) is 15.4 Å². The number of ketones is 1. The van der Waals surface area contributed by atoms with Crippen LogP contribution in [0.5, 0.6) is 5.75 Å². The molecule has 0 atom stereocenters. The van der Waals surface area contributed by atoms with Gasteiger partial charge in [0, 0.05) is 0 Å². The van der Waals surface area contributed by atoms with Crippen LogP contribution in [0.4, 0.5) is 0 Å². The maximum Gasteiger partial charge on any atom is 0.194 e. The zero-order valence-corrected chi connectivity index (χ0v) is 11.0. The summed E-state index contributed by atoms with van der Waals surface area (Å²) in [5.41, 5.74) is 0. The maximum atomic E-state index is 12.6. The molecule has 1 N–H and O–H groups in total. The molecule has 0 amide bonds. The Bertz CT molecular complexity index is 568. The lowest BCUT2D eigenvalue weighted by molar-refractivity contribution is -0.119. The molecule has 0 bridgehead atoms. The summed E-state index contributed by atoms with van der Waals surface area (Å²) >= 11 is 0. The number of aromatic hydroxyl groups is 1. The van der Waals surface area contributed by atoms with E-state index in [-0.39, 0.29) is 16.4 Å². The molecule has 0 aliphatic heterocycles. The summed E-state index contributed by atoms with van der Waals surface area (Å²) in [6.45, 7) is 1.32. The summed E-state index contributed by atoms with van der Waals surface area (Å²) in [5, 5.41) is 9.71. The lowest BCUT2D eigenvalue weighted by atomic mass is 10.0. The molecule has 0 unspecified atom stereocenters. The zero-order valence-electron chi connectivity index (χ0n) is 10.2. The van der Waals surface area contributed by atoms with E-state index in [1.54, 1.807) is 12.1 Å². The number of Topliss-reactive ketones (excluding diaryl/α,β-unsaturated/α-hetero) is 1. The Morgan fingerprint density at radius 1 is 1.22 bits per heavy atom. The summed E-state index contributed by atoms with van der Waals surface area (Å²) in [7, 11) is -3.83. The van der Waals surface area contributed by atoms with E-state index >= 15 is 0 Å². The molecule has 18 heavy (non-hydrogen) atoms. The molecule has 1 saturated carbocycles. The normalized spacial score (nSPS) is 18.7. The Morgan fingerprint density at radius 2 is 1.78 bits per heavy atom. The average molecular weight is 268 g/mol. The number of benzene rings is 1. The van der Waals surface area contributed by atoms with E-state index < -0.39 is 14.6 Å². The van der Waals surface area contributed by atoms with Crippen LogP contribution in [-0.4, -0.2) is 24.1 Å². The molecule has 98 valence electrons. The van der Waals surface area contributed by atoms with Crippen LogP contribution in [0.3, 0.4) is 0 Å². The van der Waals surface area contributed by atoms with Crippen LogP contribution in [0, 0.1) is 0 Å². The van der Waals surface area contributed by atoms with Gasteiger partial charge in [-0.1, -0.05) is 25.0 Å². The van der Waals surface area contributed by atoms with E-state index in [1.165, 1.54) is 19.1 Å². The Morgan fingerprint density at radius 3 is 2.28 bits per heavy atom. The van der Waals surface area contributed by atoms with E-state index in [2.05, 4.69) is 0 Å². The standard InChI is InChI=1S/C13H16O4S/c1-10(14)13(8-4-5-9-13)18(16,17)12-7-3-2-6-11(12)15/h2-3,6-7,15H,4-5,8-9H2,1H3. The van der Waals surface area contributed by atoms with Gasteiger partial charge >= 0.3 is 0 Å². The van der Waals surface area contributed by atoms with Crippen LogP contribution < -0.4 is 0 Å². The summed E-state index contributed by atoms with van der Waals surface area (Å²) < 4.78 is 23.9. The topological polar surface area (TPSA) is 71.4 Å². The number of carbonyl (C=O) groups is 1. The van der Waals surface area contributed by atoms with Crippen molar-refractivity contribution >= 4 is 15.6 Å². The highest BCUT2D eigenvalue weighted by Gasteiger charge is 2.51. The minimum atomic E-state index is -3.83. The fourth-order valence-corrected chi connectivity index (χ4v) is 4.88. The van der Waals surface area contributed by atoms with E-state index in [0.29, 0.717) is 12.8 Å². The van der Waals surface area contributed by atoms with Crippen LogP contribution in [0.1, 0.15) is 32.6 Å². The molecule has 0 aromatic heterocycles. The fraction of sp³-hybridized carbons (Fsp3) is 0.462. The van der Waals surface area contributed by atoms with Gasteiger partial charge in [0.15, 0.2) is 15.6 Å². The highest BCUT2D eigenvalue weighted by molar-refractivity contribution is 7.93. The van der Waals surface area contributed by atoms with Crippen molar-refractivity contribution in [3.63, 3.8) is 0 Å². The number of hydrogen-bond donors (Lipinski definition) is 1. The number of carbonyl (C=O) groups excluding carboxylic acids is 1. The molecule has 1 aromatic carbocycles. The first kappa shape index (κ1) is 13.1. The van der Waals surface area contributed by atoms with Crippen LogP contribution in [-0.2, 0) is 14.6 Å². The molecule has 1 fully saturated rings. The average Bonchev–Trinajstić information content (AvgIpc) is 2.79. The first-order chi connectivity index (χ1) is 8.42. The van der Waals surface area contributed by atoms with Crippen molar-refractivity contribution in [1.82, 2.24) is 0 Å². The van der Waals surface area contributed by atoms with Gasteiger partial charge in [0.25, 0.3) is 0 Å². The predicted molar refractivity (Wildman–Crippen MR) is 67.2 cm³/mol. The molecule has 1 aliphatic rings. The molecular formula is C13H16O4S. The molecule has 0 radical (unpaired) electrons. The Hall–Kier alpha value is -1.36. The van der Waals surface area contributed by atoms with Gasteiger partial charge in [-0.25, -0.2) is 8.42 Å². The third kappa shape index (κ3) is 1.73. The second kappa shape index (κ2) is 4.39. The molecule has 2 rings (SSSR count). The molecule has 1 aliphatic carbocycles. The van der Waals surface area contributed by atoms with Gasteiger partial charge in [-0.3, -0.25) is 4.79 Å². The first-order valence-electron chi connectivity index (χ1n) is 5.95. The summed E-state index contributed by atoms with van der Waals surface area (Å²) in [5.74, 6) is -0.617. The third-order valence-electron chi connectivity index (χ3n) is 3.72. The van der Waals surface area contributed by atoms with Crippen molar-refractivity contribution in [3.05, 3.63) is 24.3 Å². The predicted octanol–water partition coefficient (Wildman–Crippen LogP) is 2.07. The lowest BCUT2D eigenvalue weighted by Gasteiger charge is -2.26. The van der Waals surface area contributed by atoms with Crippen molar-refractivity contribution in [2.45, 2.75) is 42.2 Å². The summed E-state index contributed by atoms with van der Waals surface area (Å²) in [4.78, 5) is 11.7. The highest BCUT2D eigenvalue weighted by Crippen LogP contribution is 2.43. The monoisotopic (exact) mass is 268 g/mol. The van der Waals surface area contributed by atoms with Crippen LogP contribution in [0.2, 0.25) is 0 Å². The number of para-hydroxylation sites is 1. The molecule has 0 saturated heterocycles. The van der Waals surface area contributed by atoms with Crippen molar-refractivity contribution in [2.24, 2.45) is 0 Å². The lowest BCUT2D eigenvalue weighted by Crippen LogP contribution is -2.42. The second-order valence-electron chi connectivity index (χ2n) is 4.73. The molecule has 1 aromatic rings. The van der Waals surface area contributed by atoms with Gasteiger partial charge in [0.2, 0.25) is 0 Å². The van der Waals surface area contributed by atoms with Crippen molar-refractivity contribution in [1.29, 1.82) is 0 Å². The summed E-state index contributed by atoms with van der Waals surface area (Å²) in [6.07, 6.45) is 2.15. The smallest absolute Gasteiger partial charge is 0.194 e. The first-order valence-corrected chi connectivity index (χ1v) is 7.44. The van der Waals surface area contributed by atoms with Crippen LogP contribution >= 0.6 is 0 Å². The van der Waals surface area contributed by atoms with Gasteiger partial charge in [-0.15, -0.1) is 0 Å². The Kier molecular flexibility index (Phi) is 3.19. The number of rotatable bonds is 3. The number of phenols is 1. The molecule has 0 heterocycles. The molecular weight excluding hydrogens is 252 g/mol. The van der Waals surface area contributed by atoms with Gasteiger partial charge in [-0.05, 0) is 31.9 Å². The fourth-order valence-electron chi connectivity index (χ4n) is 2.65. The van der Waals surface area contributed by atoms with Gasteiger partial charge < -0.3 is 5.11 Å². The zero-order chi connectivity index (χ0) is 13.4. The van der Waals surface area contributed by atoms with Crippen LogP contribution in [0.25, 0.3) is 0 Å². The second-order valence-corrected chi connectivity index (χ2v) is 6.96. The number of hydrogen-bond acceptors (Lipinski definition) is 4. The van der Waals surface area contributed by atoms with Gasteiger partial charge in [0.05, 0.1) is 0 Å². The van der Waals surface area contributed by atoms with E-state index in [9.17, 15) is 18.3 Å². The minimum Gasteiger partial charge on any atom is -0.507 e. The highest BCUT2D eigenvalue weighted by atomic mass is 32.2. The summed E-state index contributed by atoms with van der Waals surface area (Å²) in [6, 6.07) is 5.79. The minimum absolute atomic E-state index is 0.137. The van der Waals surface area contributed by atoms with Gasteiger partial charge in [-0.2, -0.15) is 0 Å². The number of sulfone groups is 1. The molecule has 5 heteroatoms. The Labute approximate surface area is 107 Å². The van der Waals surface area contributed by atoms with E-state index in [1.807, 2.05) is 0 Å². The van der Waals surface area contributed by atoms with Crippen LogP contribution in [0.15, 0.2) is 29.2 Å². The molecule has 4 nitrogen and oxygen atoms in total. The van der Waals surface area contributed by atoms with Crippen molar-refractivity contribution in [3.8, 4) is 5.75 Å².